The Balaban J connectivity index is 1.29. The molecule has 3 amide bonds. The number of hydrogen-bond acceptors (Lipinski definition) is 5. The number of rotatable bonds is 3. The number of fused-ring (bicyclic) bond motifs is 1. The van der Waals surface area contributed by atoms with Gasteiger partial charge in [-0.15, -0.1) is 0 Å². The lowest BCUT2D eigenvalue weighted by Gasteiger charge is -2.49. The average Bonchev–Trinajstić information content (AvgIpc) is 2.97. The zero-order chi connectivity index (χ0) is 19.3. The van der Waals surface area contributed by atoms with Gasteiger partial charge in [0.2, 0.25) is 11.8 Å². The van der Waals surface area contributed by atoms with Crippen molar-refractivity contribution in [2.75, 3.05) is 19.6 Å². The summed E-state index contributed by atoms with van der Waals surface area (Å²) in [5, 5.41) is 6.04. The monoisotopic (exact) mass is 382 g/mol. The highest BCUT2D eigenvalue weighted by Crippen LogP contribution is 2.35. The number of piperidine rings is 1. The fourth-order valence-electron chi connectivity index (χ4n) is 5.10. The first-order valence-corrected chi connectivity index (χ1v) is 10.3. The molecule has 1 spiro atoms. The normalized spacial score (nSPS) is 26.9. The van der Waals surface area contributed by atoms with Crippen LogP contribution in [0.4, 0.5) is 0 Å². The van der Waals surface area contributed by atoms with E-state index in [-0.39, 0.29) is 24.1 Å². The van der Waals surface area contributed by atoms with Gasteiger partial charge in [-0.25, -0.2) is 0 Å². The van der Waals surface area contributed by atoms with E-state index in [0.29, 0.717) is 24.1 Å². The lowest BCUT2D eigenvalue weighted by atomic mass is 9.75. The van der Waals surface area contributed by atoms with Gasteiger partial charge in [0.25, 0.3) is 5.91 Å². The predicted molar refractivity (Wildman–Crippen MR) is 102 cm³/mol. The molecule has 3 fully saturated rings. The molecule has 1 unspecified atom stereocenters. The average molecular weight is 382 g/mol. The lowest BCUT2D eigenvalue weighted by Crippen LogP contribution is -2.63. The van der Waals surface area contributed by atoms with Crippen LogP contribution in [0.1, 0.15) is 53.6 Å². The summed E-state index contributed by atoms with van der Waals surface area (Å²) < 4.78 is 0. The second-order valence-corrected chi connectivity index (χ2v) is 8.66. The van der Waals surface area contributed by atoms with Gasteiger partial charge in [-0.05, 0) is 42.9 Å². The van der Waals surface area contributed by atoms with Gasteiger partial charge in [0.15, 0.2) is 0 Å². The Hall–Kier alpha value is -2.25. The Morgan fingerprint density at radius 2 is 2.04 bits per heavy atom. The van der Waals surface area contributed by atoms with E-state index in [1.807, 2.05) is 12.1 Å². The molecule has 0 bridgehead atoms. The molecule has 2 saturated heterocycles. The minimum atomic E-state index is -0.548. The van der Waals surface area contributed by atoms with Gasteiger partial charge >= 0.3 is 0 Å². The molecule has 1 aliphatic carbocycles. The third-order valence-electron chi connectivity index (χ3n) is 6.76. The molecule has 4 aliphatic rings. The van der Waals surface area contributed by atoms with Gasteiger partial charge in [-0.1, -0.05) is 12.1 Å². The maximum Gasteiger partial charge on any atom is 0.255 e. The maximum atomic E-state index is 12.8. The Labute approximate surface area is 164 Å². The van der Waals surface area contributed by atoms with Gasteiger partial charge in [-0.2, -0.15) is 0 Å². The van der Waals surface area contributed by atoms with Crippen LogP contribution in [0, 0.1) is 0 Å². The van der Waals surface area contributed by atoms with Crippen LogP contribution in [0.25, 0.3) is 0 Å². The van der Waals surface area contributed by atoms with Crippen LogP contribution in [-0.2, 0) is 22.7 Å². The molecule has 1 aromatic rings. The number of piperazine rings is 1. The van der Waals surface area contributed by atoms with Crippen molar-refractivity contribution in [1.29, 1.82) is 0 Å². The van der Waals surface area contributed by atoms with Crippen LogP contribution >= 0.6 is 0 Å². The van der Waals surface area contributed by atoms with Crippen LogP contribution in [-0.4, -0.2) is 58.7 Å². The Bertz CT molecular complexity index is 848. The van der Waals surface area contributed by atoms with E-state index in [1.54, 1.807) is 4.90 Å². The van der Waals surface area contributed by atoms with Crippen molar-refractivity contribution in [2.24, 2.45) is 0 Å². The summed E-state index contributed by atoms with van der Waals surface area (Å²) in [5.41, 5.74) is 3.21. The zero-order valence-electron chi connectivity index (χ0n) is 16.0. The molecule has 28 heavy (non-hydrogen) atoms. The van der Waals surface area contributed by atoms with Gasteiger partial charge in [0.1, 0.15) is 6.04 Å². The van der Waals surface area contributed by atoms with E-state index in [9.17, 15) is 14.4 Å². The highest BCUT2D eigenvalue weighted by atomic mass is 16.2. The molecule has 0 radical (unpaired) electrons. The molecule has 3 aliphatic heterocycles. The summed E-state index contributed by atoms with van der Waals surface area (Å²) in [6, 6.07) is 5.52. The van der Waals surface area contributed by atoms with Crippen LogP contribution in [0.2, 0.25) is 0 Å². The number of nitrogens with zero attached hydrogens (tertiary/aromatic N) is 2. The number of nitrogens with one attached hydrogen (secondary N) is 2. The molecule has 7 heteroatoms. The third kappa shape index (κ3) is 3.02. The van der Waals surface area contributed by atoms with Crippen molar-refractivity contribution in [3.8, 4) is 0 Å². The van der Waals surface area contributed by atoms with E-state index in [1.165, 1.54) is 24.8 Å². The summed E-state index contributed by atoms with van der Waals surface area (Å²) >= 11 is 0. The smallest absolute Gasteiger partial charge is 0.255 e. The van der Waals surface area contributed by atoms with Crippen LogP contribution in [0.5, 0.6) is 0 Å². The second-order valence-electron chi connectivity index (χ2n) is 8.66. The second kappa shape index (κ2) is 6.67. The van der Waals surface area contributed by atoms with Crippen LogP contribution < -0.4 is 10.6 Å². The molecule has 0 aromatic heterocycles. The number of carbonyl (C=O) groups is 3. The quantitative estimate of drug-likeness (QED) is 0.755. The molecular weight excluding hydrogens is 356 g/mol. The van der Waals surface area contributed by atoms with Crippen molar-refractivity contribution in [3.63, 3.8) is 0 Å². The van der Waals surface area contributed by atoms with Gasteiger partial charge < -0.3 is 10.2 Å². The maximum absolute atomic E-state index is 12.8. The predicted octanol–water partition coefficient (Wildman–Crippen LogP) is 0.776. The molecule has 1 saturated carbocycles. The van der Waals surface area contributed by atoms with E-state index in [2.05, 4.69) is 21.6 Å². The van der Waals surface area contributed by atoms with Crippen molar-refractivity contribution in [1.82, 2.24) is 20.4 Å². The summed E-state index contributed by atoms with van der Waals surface area (Å²) in [7, 11) is 0. The lowest BCUT2D eigenvalue weighted by molar-refractivity contribution is -0.136. The van der Waals surface area contributed by atoms with E-state index in [4.69, 9.17) is 0 Å². The molecular formula is C21H26N4O3. The number of benzene rings is 1. The van der Waals surface area contributed by atoms with E-state index >= 15 is 0 Å². The minimum Gasteiger partial charge on any atom is -0.322 e. The summed E-state index contributed by atoms with van der Waals surface area (Å²) in [4.78, 5) is 40.5. The van der Waals surface area contributed by atoms with Crippen molar-refractivity contribution < 1.29 is 14.4 Å². The third-order valence-corrected chi connectivity index (χ3v) is 6.76. The van der Waals surface area contributed by atoms with Crippen molar-refractivity contribution in [3.05, 3.63) is 34.9 Å². The summed E-state index contributed by atoms with van der Waals surface area (Å²) in [5.74, 6) is -0.719. The molecule has 1 atom stereocenters. The van der Waals surface area contributed by atoms with Crippen LogP contribution in [0.3, 0.4) is 0 Å². The molecule has 1 aromatic carbocycles. The first-order chi connectivity index (χ1) is 13.5. The SMILES string of the molecule is O=C1CCC(N2Cc3cc(CN4CCNC5(CCC5)C4)ccc3C2=O)C(=O)N1. The molecule has 5 rings (SSSR count). The highest BCUT2D eigenvalue weighted by molar-refractivity contribution is 6.05. The number of imide groups is 1. The van der Waals surface area contributed by atoms with E-state index < -0.39 is 6.04 Å². The summed E-state index contributed by atoms with van der Waals surface area (Å²) in [6.07, 6.45) is 4.54. The number of amides is 3. The molecule has 148 valence electrons. The fraction of sp³-hybridized carbons (Fsp3) is 0.571. The van der Waals surface area contributed by atoms with Crippen molar-refractivity contribution >= 4 is 17.7 Å². The standard InChI is InChI=1S/C21H26N4O3/c26-18-5-4-17(19(27)23-18)25-12-15-10-14(2-3-16(15)20(25)28)11-24-9-8-22-21(13-24)6-1-7-21/h2-3,10,17,22H,1,4-9,11-13H2,(H,23,26,27). The summed E-state index contributed by atoms with van der Waals surface area (Å²) in [6.45, 7) is 4.50. The van der Waals surface area contributed by atoms with Crippen molar-refractivity contribution in [2.45, 2.75) is 56.8 Å². The first kappa shape index (κ1) is 17.8. The Kier molecular flexibility index (Phi) is 4.25. The minimum absolute atomic E-state index is 0.105. The van der Waals surface area contributed by atoms with Gasteiger partial charge in [0.05, 0.1) is 0 Å². The van der Waals surface area contributed by atoms with Crippen LogP contribution in [0.15, 0.2) is 18.2 Å². The Morgan fingerprint density at radius 1 is 1.18 bits per heavy atom. The molecule has 3 heterocycles. The number of carbonyl (C=O) groups excluding carboxylic acids is 3. The van der Waals surface area contributed by atoms with E-state index in [0.717, 1.165) is 31.7 Å². The fourth-order valence-corrected chi connectivity index (χ4v) is 5.10. The molecule has 7 nitrogen and oxygen atoms in total. The van der Waals surface area contributed by atoms with Gasteiger partial charge in [0, 0.05) is 50.2 Å². The topological polar surface area (TPSA) is 81.8 Å². The zero-order valence-corrected chi connectivity index (χ0v) is 16.0. The first-order valence-electron chi connectivity index (χ1n) is 10.3. The highest BCUT2D eigenvalue weighted by Gasteiger charge is 2.41. The largest absolute Gasteiger partial charge is 0.322 e. The van der Waals surface area contributed by atoms with Gasteiger partial charge in [-0.3, -0.25) is 24.6 Å². The molecule has 2 N–H and O–H groups in total. The number of hydrogen-bond donors (Lipinski definition) is 2. The Morgan fingerprint density at radius 3 is 2.79 bits per heavy atom.